The van der Waals surface area contributed by atoms with E-state index in [1.54, 1.807) is 17.6 Å². The molecule has 0 spiro atoms. The standard InChI is InChI=1S/C10H7N3O2S/c14-7-3-5-16-8(7)10-12-9(13-15-10)6-2-1-4-11-6/h1-5,11,14H. The topological polar surface area (TPSA) is 74.9 Å². The van der Waals surface area contributed by atoms with Gasteiger partial charge in [-0.15, -0.1) is 11.3 Å². The number of nitrogens with zero attached hydrogens (tertiary/aromatic N) is 2. The highest BCUT2D eigenvalue weighted by molar-refractivity contribution is 7.13. The molecule has 16 heavy (non-hydrogen) atoms. The number of hydrogen-bond donors (Lipinski definition) is 2. The van der Waals surface area contributed by atoms with Gasteiger partial charge >= 0.3 is 0 Å². The van der Waals surface area contributed by atoms with Crippen LogP contribution in [0.3, 0.4) is 0 Å². The van der Waals surface area contributed by atoms with E-state index in [9.17, 15) is 5.11 Å². The van der Waals surface area contributed by atoms with Gasteiger partial charge in [0.15, 0.2) is 0 Å². The van der Waals surface area contributed by atoms with E-state index in [-0.39, 0.29) is 5.75 Å². The second-order valence-electron chi connectivity index (χ2n) is 3.14. The zero-order chi connectivity index (χ0) is 11.0. The summed E-state index contributed by atoms with van der Waals surface area (Å²) in [5.41, 5.74) is 0.783. The van der Waals surface area contributed by atoms with Gasteiger partial charge in [0.1, 0.15) is 10.6 Å². The first kappa shape index (κ1) is 9.17. The molecule has 0 aliphatic carbocycles. The van der Waals surface area contributed by atoms with Gasteiger partial charge in [-0.1, -0.05) is 5.16 Å². The van der Waals surface area contributed by atoms with Crippen LogP contribution in [0.15, 0.2) is 34.3 Å². The predicted molar refractivity (Wildman–Crippen MR) is 59.1 cm³/mol. The summed E-state index contributed by atoms with van der Waals surface area (Å²) in [6, 6.07) is 5.30. The highest BCUT2D eigenvalue weighted by Gasteiger charge is 2.15. The number of thiophene rings is 1. The van der Waals surface area contributed by atoms with Crippen molar-refractivity contribution in [3.8, 4) is 28.0 Å². The molecule has 3 aromatic heterocycles. The normalized spacial score (nSPS) is 10.8. The lowest BCUT2D eigenvalue weighted by molar-refractivity contribution is 0.427. The Morgan fingerprint density at radius 1 is 1.38 bits per heavy atom. The molecule has 0 saturated carbocycles. The first-order chi connectivity index (χ1) is 7.84. The fraction of sp³-hybridized carbons (Fsp3) is 0. The van der Waals surface area contributed by atoms with Crippen molar-refractivity contribution in [1.82, 2.24) is 15.1 Å². The molecule has 0 saturated heterocycles. The smallest absolute Gasteiger partial charge is 0.272 e. The SMILES string of the molecule is Oc1ccsc1-c1nc(-c2ccc[nH]2)no1. The Bertz CT molecular complexity index is 597. The largest absolute Gasteiger partial charge is 0.506 e. The summed E-state index contributed by atoms with van der Waals surface area (Å²) in [4.78, 5) is 7.77. The van der Waals surface area contributed by atoms with Crippen molar-refractivity contribution in [2.75, 3.05) is 0 Å². The third-order valence-corrected chi connectivity index (χ3v) is 3.00. The lowest BCUT2D eigenvalue weighted by atomic mass is 10.4. The van der Waals surface area contributed by atoms with Crippen molar-refractivity contribution in [3.63, 3.8) is 0 Å². The number of nitrogens with one attached hydrogen (secondary N) is 1. The number of aromatic amines is 1. The summed E-state index contributed by atoms with van der Waals surface area (Å²) in [5, 5.41) is 15.1. The number of hydrogen-bond acceptors (Lipinski definition) is 5. The third kappa shape index (κ3) is 1.40. The summed E-state index contributed by atoms with van der Waals surface area (Å²) < 4.78 is 5.08. The monoisotopic (exact) mass is 233 g/mol. The van der Waals surface area contributed by atoms with Crippen LogP contribution in [0.1, 0.15) is 0 Å². The van der Waals surface area contributed by atoms with E-state index in [0.717, 1.165) is 5.69 Å². The quantitative estimate of drug-likeness (QED) is 0.713. The summed E-state index contributed by atoms with van der Waals surface area (Å²) in [6.45, 7) is 0. The summed E-state index contributed by atoms with van der Waals surface area (Å²) in [5.74, 6) is 0.969. The Morgan fingerprint density at radius 3 is 3.00 bits per heavy atom. The molecule has 0 aromatic carbocycles. The lowest BCUT2D eigenvalue weighted by Crippen LogP contribution is -1.79. The molecule has 0 aliphatic rings. The molecule has 6 heteroatoms. The zero-order valence-corrected chi connectivity index (χ0v) is 8.86. The van der Waals surface area contributed by atoms with Crippen LogP contribution < -0.4 is 0 Å². The molecule has 0 unspecified atom stereocenters. The summed E-state index contributed by atoms with van der Waals surface area (Å²) in [6.07, 6.45) is 1.79. The third-order valence-electron chi connectivity index (χ3n) is 2.10. The van der Waals surface area contributed by atoms with Crippen LogP contribution >= 0.6 is 11.3 Å². The van der Waals surface area contributed by atoms with Crippen LogP contribution in [0.2, 0.25) is 0 Å². The van der Waals surface area contributed by atoms with Gasteiger partial charge in [0.25, 0.3) is 5.89 Å². The summed E-state index contributed by atoms with van der Waals surface area (Å²) in [7, 11) is 0. The van der Waals surface area contributed by atoms with Gasteiger partial charge in [-0.2, -0.15) is 4.98 Å². The molecular weight excluding hydrogens is 226 g/mol. The van der Waals surface area contributed by atoms with Crippen molar-refractivity contribution >= 4 is 11.3 Å². The fourth-order valence-electron chi connectivity index (χ4n) is 1.36. The average molecular weight is 233 g/mol. The highest BCUT2D eigenvalue weighted by Crippen LogP contribution is 2.33. The zero-order valence-electron chi connectivity index (χ0n) is 8.04. The van der Waals surface area contributed by atoms with E-state index in [1.807, 2.05) is 12.1 Å². The van der Waals surface area contributed by atoms with E-state index >= 15 is 0 Å². The van der Waals surface area contributed by atoms with Crippen LogP contribution in [-0.4, -0.2) is 20.2 Å². The van der Waals surface area contributed by atoms with Crippen LogP contribution in [0.25, 0.3) is 22.3 Å². The molecule has 0 amide bonds. The maximum Gasteiger partial charge on any atom is 0.272 e. The van der Waals surface area contributed by atoms with E-state index in [1.165, 1.54) is 11.3 Å². The van der Waals surface area contributed by atoms with Gasteiger partial charge in [-0.3, -0.25) is 0 Å². The van der Waals surface area contributed by atoms with Crippen molar-refractivity contribution < 1.29 is 9.63 Å². The van der Waals surface area contributed by atoms with Gasteiger partial charge in [-0.05, 0) is 23.6 Å². The number of H-pyrrole nitrogens is 1. The Morgan fingerprint density at radius 2 is 2.31 bits per heavy atom. The molecular formula is C10H7N3O2S. The van der Waals surface area contributed by atoms with Gasteiger partial charge in [0.2, 0.25) is 5.82 Å². The molecule has 0 fully saturated rings. The van der Waals surface area contributed by atoms with Crippen LogP contribution in [0.4, 0.5) is 0 Å². The minimum absolute atomic E-state index is 0.159. The van der Waals surface area contributed by atoms with Crippen molar-refractivity contribution in [2.24, 2.45) is 0 Å². The molecule has 80 valence electrons. The van der Waals surface area contributed by atoms with E-state index in [4.69, 9.17) is 4.52 Å². The Hall–Kier alpha value is -2.08. The van der Waals surface area contributed by atoms with Gasteiger partial charge in [0.05, 0.1) is 5.69 Å². The van der Waals surface area contributed by atoms with Crippen molar-refractivity contribution in [3.05, 3.63) is 29.8 Å². The first-order valence-corrected chi connectivity index (χ1v) is 5.47. The van der Waals surface area contributed by atoms with E-state index in [0.29, 0.717) is 16.6 Å². The van der Waals surface area contributed by atoms with E-state index < -0.39 is 0 Å². The Balaban J connectivity index is 2.03. The number of aromatic nitrogens is 3. The molecule has 3 aromatic rings. The minimum atomic E-state index is 0.159. The van der Waals surface area contributed by atoms with E-state index in [2.05, 4.69) is 15.1 Å². The molecule has 0 atom stereocenters. The van der Waals surface area contributed by atoms with Crippen molar-refractivity contribution in [1.29, 1.82) is 0 Å². The van der Waals surface area contributed by atoms with Gasteiger partial charge < -0.3 is 14.6 Å². The highest BCUT2D eigenvalue weighted by atomic mass is 32.1. The molecule has 0 radical (unpaired) electrons. The molecule has 0 bridgehead atoms. The maximum absolute atomic E-state index is 9.52. The van der Waals surface area contributed by atoms with Crippen LogP contribution in [0, 0.1) is 0 Å². The molecule has 0 aliphatic heterocycles. The van der Waals surface area contributed by atoms with Gasteiger partial charge in [-0.25, -0.2) is 0 Å². The Kier molecular flexibility index (Phi) is 2.00. The Labute approximate surface area is 94.4 Å². The van der Waals surface area contributed by atoms with Crippen molar-refractivity contribution in [2.45, 2.75) is 0 Å². The molecule has 5 nitrogen and oxygen atoms in total. The average Bonchev–Trinajstić information content (AvgIpc) is 2.96. The second kappa shape index (κ2) is 3.49. The van der Waals surface area contributed by atoms with Crippen LogP contribution in [0.5, 0.6) is 5.75 Å². The minimum Gasteiger partial charge on any atom is -0.506 e. The predicted octanol–water partition coefficient (Wildman–Crippen LogP) is 2.50. The fourth-order valence-corrected chi connectivity index (χ4v) is 2.06. The number of rotatable bonds is 2. The van der Waals surface area contributed by atoms with Crippen LogP contribution in [-0.2, 0) is 0 Å². The summed E-state index contributed by atoms with van der Waals surface area (Å²) >= 11 is 1.36. The van der Waals surface area contributed by atoms with Gasteiger partial charge in [0, 0.05) is 6.20 Å². The lowest BCUT2D eigenvalue weighted by Gasteiger charge is -1.88. The first-order valence-electron chi connectivity index (χ1n) is 4.59. The second-order valence-corrected chi connectivity index (χ2v) is 4.06. The molecule has 3 heterocycles. The maximum atomic E-state index is 9.52. The molecule has 2 N–H and O–H groups in total. The number of aromatic hydroxyl groups is 1. The molecule has 3 rings (SSSR count).